The summed E-state index contributed by atoms with van der Waals surface area (Å²) < 4.78 is 0. The Balaban J connectivity index is 1.73. The predicted octanol–water partition coefficient (Wildman–Crippen LogP) is 3.78. The summed E-state index contributed by atoms with van der Waals surface area (Å²) in [7, 11) is 0. The van der Waals surface area contributed by atoms with Gasteiger partial charge in [0, 0.05) is 17.4 Å². The lowest BCUT2D eigenvalue weighted by atomic mass is 10.0. The SMILES string of the molecule is CCC(C)NC(=O)C1CSCN1C(=O)c1ccc(-c2ccccc2)cc1. The molecule has 5 heteroatoms. The van der Waals surface area contributed by atoms with Gasteiger partial charge in [-0.3, -0.25) is 9.59 Å². The van der Waals surface area contributed by atoms with Gasteiger partial charge in [-0.05, 0) is 36.6 Å². The molecule has 0 radical (unpaired) electrons. The number of hydrogen-bond donors (Lipinski definition) is 1. The second-order valence-electron chi connectivity index (χ2n) is 6.55. The van der Waals surface area contributed by atoms with Crippen LogP contribution >= 0.6 is 11.8 Å². The van der Waals surface area contributed by atoms with E-state index in [1.54, 1.807) is 16.7 Å². The van der Waals surface area contributed by atoms with Gasteiger partial charge in [0.05, 0.1) is 5.88 Å². The number of amides is 2. The number of nitrogens with one attached hydrogen (secondary N) is 1. The maximum atomic E-state index is 12.9. The summed E-state index contributed by atoms with van der Waals surface area (Å²) >= 11 is 1.62. The van der Waals surface area contributed by atoms with Crippen molar-refractivity contribution in [2.45, 2.75) is 32.4 Å². The van der Waals surface area contributed by atoms with E-state index in [1.165, 1.54) is 0 Å². The van der Waals surface area contributed by atoms with Crippen molar-refractivity contribution in [1.82, 2.24) is 10.2 Å². The fourth-order valence-electron chi connectivity index (χ4n) is 2.90. The number of rotatable bonds is 5. The number of hydrogen-bond acceptors (Lipinski definition) is 3. The van der Waals surface area contributed by atoms with Crippen LogP contribution in [0.15, 0.2) is 54.6 Å². The zero-order valence-electron chi connectivity index (χ0n) is 15.1. The molecule has 2 unspecified atom stereocenters. The molecule has 2 aromatic carbocycles. The van der Waals surface area contributed by atoms with E-state index in [9.17, 15) is 9.59 Å². The van der Waals surface area contributed by atoms with Crippen molar-refractivity contribution in [3.8, 4) is 11.1 Å². The lowest BCUT2D eigenvalue weighted by molar-refractivity contribution is -0.125. The van der Waals surface area contributed by atoms with Crippen LogP contribution in [0.25, 0.3) is 11.1 Å². The molecule has 1 aliphatic rings. The predicted molar refractivity (Wildman–Crippen MR) is 107 cm³/mol. The van der Waals surface area contributed by atoms with Crippen LogP contribution in [0, 0.1) is 0 Å². The third-order valence-corrected chi connectivity index (χ3v) is 5.70. The van der Waals surface area contributed by atoms with E-state index in [0.29, 0.717) is 17.2 Å². The molecule has 2 atom stereocenters. The van der Waals surface area contributed by atoms with Crippen LogP contribution in [0.4, 0.5) is 0 Å². The number of nitrogens with zero attached hydrogens (tertiary/aromatic N) is 1. The van der Waals surface area contributed by atoms with Crippen molar-refractivity contribution in [2.24, 2.45) is 0 Å². The van der Waals surface area contributed by atoms with E-state index in [0.717, 1.165) is 17.5 Å². The molecule has 3 rings (SSSR count). The summed E-state index contributed by atoms with van der Waals surface area (Å²) in [5.74, 6) is 1.06. The Morgan fingerprint density at radius 1 is 1.12 bits per heavy atom. The molecule has 0 saturated carbocycles. The molecule has 0 spiro atoms. The summed E-state index contributed by atoms with van der Waals surface area (Å²) in [6.07, 6.45) is 0.875. The Hall–Kier alpha value is -2.27. The lowest BCUT2D eigenvalue weighted by Gasteiger charge is -2.24. The quantitative estimate of drug-likeness (QED) is 0.874. The lowest BCUT2D eigenvalue weighted by Crippen LogP contribution is -2.49. The fourth-order valence-corrected chi connectivity index (χ4v) is 4.06. The van der Waals surface area contributed by atoms with Gasteiger partial charge in [-0.2, -0.15) is 0 Å². The number of carbonyl (C=O) groups excluding carboxylic acids is 2. The van der Waals surface area contributed by atoms with E-state index in [-0.39, 0.29) is 17.9 Å². The van der Waals surface area contributed by atoms with Gasteiger partial charge >= 0.3 is 0 Å². The highest BCUT2D eigenvalue weighted by Crippen LogP contribution is 2.25. The summed E-state index contributed by atoms with van der Waals surface area (Å²) in [4.78, 5) is 27.1. The van der Waals surface area contributed by atoms with Crippen LogP contribution in [0.3, 0.4) is 0 Å². The molecule has 0 bridgehead atoms. The van der Waals surface area contributed by atoms with Crippen molar-refractivity contribution < 1.29 is 9.59 Å². The molecule has 1 aliphatic heterocycles. The van der Waals surface area contributed by atoms with E-state index >= 15 is 0 Å². The highest BCUT2D eigenvalue weighted by molar-refractivity contribution is 7.99. The Labute approximate surface area is 159 Å². The molecule has 4 nitrogen and oxygen atoms in total. The molecule has 1 heterocycles. The van der Waals surface area contributed by atoms with E-state index in [2.05, 4.69) is 5.32 Å². The van der Waals surface area contributed by atoms with Crippen LogP contribution in [0.1, 0.15) is 30.6 Å². The van der Waals surface area contributed by atoms with Crippen molar-refractivity contribution in [3.05, 3.63) is 60.2 Å². The minimum Gasteiger partial charge on any atom is -0.352 e. The molecule has 2 aromatic rings. The topological polar surface area (TPSA) is 49.4 Å². The minimum atomic E-state index is -0.393. The maximum Gasteiger partial charge on any atom is 0.255 e. The summed E-state index contributed by atoms with van der Waals surface area (Å²) in [5, 5.41) is 2.99. The number of thioether (sulfide) groups is 1. The molecule has 26 heavy (non-hydrogen) atoms. The van der Waals surface area contributed by atoms with Crippen molar-refractivity contribution in [3.63, 3.8) is 0 Å². The van der Waals surface area contributed by atoms with Crippen molar-refractivity contribution in [1.29, 1.82) is 0 Å². The highest BCUT2D eigenvalue weighted by Gasteiger charge is 2.35. The third kappa shape index (κ3) is 4.10. The highest BCUT2D eigenvalue weighted by atomic mass is 32.2. The van der Waals surface area contributed by atoms with Crippen LogP contribution < -0.4 is 5.32 Å². The average Bonchev–Trinajstić information content (AvgIpc) is 3.18. The summed E-state index contributed by atoms with van der Waals surface area (Å²) in [6.45, 7) is 4.01. The largest absolute Gasteiger partial charge is 0.352 e. The van der Waals surface area contributed by atoms with E-state index in [4.69, 9.17) is 0 Å². The van der Waals surface area contributed by atoms with Gasteiger partial charge in [0.25, 0.3) is 5.91 Å². The molecule has 0 aliphatic carbocycles. The van der Waals surface area contributed by atoms with Gasteiger partial charge in [0.1, 0.15) is 6.04 Å². The first-order chi connectivity index (χ1) is 12.6. The molecule has 136 valence electrons. The van der Waals surface area contributed by atoms with Gasteiger partial charge in [-0.25, -0.2) is 0 Å². The zero-order chi connectivity index (χ0) is 18.5. The fraction of sp³-hybridized carbons (Fsp3) is 0.333. The van der Waals surface area contributed by atoms with Gasteiger partial charge < -0.3 is 10.2 Å². The van der Waals surface area contributed by atoms with Crippen molar-refractivity contribution >= 4 is 23.6 Å². The number of carbonyl (C=O) groups is 2. The first-order valence-corrected chi connectivity index (χ1v) is 10.1. The van der Waals surface area contributed by atoms with Crippen LogP contribution in [0.5, 0.6) is 0 Å². The number of benzene rings is 2. The average molecular weight is 369 g/mol. The molecule has 1 saturated heterocycles. The standard InChI is InChI=1S/C21H24N2O2S/c1-3-15(2)22-20(24)19-13-26-14-23(19)21(25)18-11-9-17(10-12-18)16-7-5-4-6-8-16/h4-12,15,19H,3,13-14H2,1-2H3,(H,22,24). The Morgan fingerprint density at radius 2 is 1.77 bits per heavy atom. The van der Waals surface area contributed by atoms with Gasteiger partial charge in [-0.15, -0.1) is 11.8 Å². The summed E-state index contributed by atoms with van der Waals surface area (Å²) in [6, 6.07) is 17.4. The van der Waals surface area contributed by atoms with Gasteiger partial charge in [0.15, 0.2) is 0 Å². The maximum absolute atomic E-state index is 12.9. The second-order valence-corrected chi connectivity index (χ2v) is 7.55. The smallest absolute Gasteiger partial charge is 0.255 e. The molecule has 1 N–H and O–H groups in total. The van der Waals surface area contributed by atoms with Crippen LogP contribution in [-0.4, -0.2) is 40.4 Å². The van der Waals surface area contributed by atoms with E-state index < -0.39 is 6.04 Å². The Bertz CT molecular complexity index is 761. The monoisotopic (exact) mass is 368 g/mol. The molecular weight excluding hydrogens is 344 g/mol. The van der Waals surface area contributed by atoms with Crippen LogP contribution in [0.2, 0.25) is 0 Å². The van der Waals surface area contributed by atoms with Gasteiger partial charge in [-0.1, -0.05) is 49.4 Å². The third-order valence-electron chi connectivity index (χ3n) is 4.69. The molecule has 1 fully saturated rings. The summed E-state index contributed by atoms with van der Waals surface area (Å²) in [5.41, 5.74) is 2.81. The van der Waals surface area contributed by atoms with E-state index in [1.807, 2.05) is 68.4 Å². The molecule has 0 aromatic heterocycles. The normalized spacial score (nSPS) is 17.8. The van der Waals surface area contributed by atoms with Gasteiger partial charge in [0.2, 0.25) is 5.91 Å². The molecular formula is C21H24N2O2S. The zero-order valence-corrected chi connectivity index (χ0v) is 16.0. The second kappa shape index (κ2) is 8.41. The van der Waals surface area contributed by atoms with Crippen molar-refractivity contribution in [2.75, 3.05) is 11.6 Å². The Morgan fingerprint density at radius 3 is 2.42 bits per heavy atom. The minimum absolute atomic E-state index is 0.0568. The molecule has 2 amide bonds. The first-order valence-electron chi connectivity index (χ1n) is 8.94. The first kappa shape index (κ1) is 18.5. The van der Waals surface area contributed by atoms with Crippen LogP contribution in [-0.2, 0) is 4.79 Å². The Kier molecular flexibility index (Phi) is 5.99.